The van der Waals surface area contributed by atoms with Crippen LogP contribution in [0.15, 0.2) is 45.5 Å². The minimum atomic E-state index is -0.304. The van der Waals surface area contributed by atoms with Crippen molar-refractivity contribution in [2.24, 2.45) is 11.8 Å². The second-order valence-corrected chi connectivity index (χ2v) is 9.64. The molecular formula is C24H30BrN3O4. The van der Waals surface area contributed by atoms with E-state index in [1.54, 1.807) is 43.6 Å². The molecule has 1 aromatic carbocycles. The molecule has 0 saturated carbocycles. The first-order chi connectivity index (χ1) is 15.2. The molecule has 0 aliphatic carbocycles. The van der Waals surface area contributed by atoms with Crippen molar-refractivity contribution in [3.8, 4) is 0 Å². The van der Waals surface area contributed by atoms with E-state index in [0.717, 1.165) is 10.9 Å². The van der Waals surface area contributed by atoms with Gasteiger partial charge in [-0.05, 0) is 48.6 Å². The van der Waals surface area contributed by atoms with E-state index in [0.29, 0.717) is 48.5 Å². The van der Waals surface area contributed by atoms with Crippen LogP contribution in [0.5, 0.6) is 0 Å². The Hall–Kier alpha value is -2.61. The van der Waals surface area contributed by atoms with E-state index in [9.17, 15) is 14.4 Å². The zero-order chi connectivity index (χ0) is 23.3. The fraction of sp³-hybridized carbons (Fsp3) is 0.458. The summed E-state index contributed by atoms with van der Waals surface area (Å²) in [6, 6.07) is 8.81. The maximum atomic E-state index is 13.2. The lowest BCUT2D eigenvalue weighted by molar-refractivity contribution is -0.132. The van der Waals surface area contributed by atoms with Crippen molar-refractivity contribution in [2.75, 3.05) is 25.5 Å². The Balaban J connectivity index is 1.61. The highest BCUT2D eigenvalue weighted by molar-refractivity contribution is 9.10. The minimum Gasteiger partial charge on any atom is -0.467 e. The highest BCUT2D eigenvalue weighted by atomic mass is 79.9. The molecule has 0 radical (unpaired) electrons. The predicted octanol–water partition coefficient (Wildman–Crippen LogP) is 4.54. The third kappa shape index (κ3) is 6.45. The van der Waals surface area contributed by atoms with Crippen molar-refractivity contribution in [3.63, 3.8) is 0 Å². The molecule has 3 amide bonds. The molecule has 8 heteroatoms. The third-order valence-electron chi connectivity index (χ3n) is 5.61. The SMILES string of the molecule is C[C@@H]1C[C@H](C)CN(C(=O)c2cc(Br)ccc2NC(=O)CCC(=O)N(C)Cc2ccco2)C1. The second kappa shape index (κ2) is 10.8. The fourth-order valence-electron chi connectivity index (χ4n) is 4.15. The molecule has 1 N–H and O–H groups in total. The highest BCUT2D eigenvalue weighted by Gasteiger charge is 2.28. The molecule has 32 heavy (non-hydrogen) atoms. The van der Waals surface area contributed by atoms with Gasteiger partial charge in [-0.1, -0.05) is 29.8 Å². The first-order valence-electron chi connectivity index (χ1n) is 10.9. The zero-order valence-corrected chi connectivity index (χ0v) is 20.4. The van der Waals surface area contributed by atoms with Gasteiger partial charge in [0.2, 0.25) is 11.8 Å². The molecule has 0 unspecified atom stereocenters. The maximum Gasteiger partial charge on any atom is 0.256 e. The summed E-state index contributed by atoms with van der Waals surface area (Å²) >= 11 is 3.43. The standard InChI is InChI=1S/C24H30BrN3O4/c1-16-11-17(2)14-28(13-16)24(31)20-12-18(25)6-7-21(20)26-22(29)8-9-23(30)27(3)15-19-5-4-10-32-19/h4-7,10,12,16-17H,8-9,11,13-15H2,1-3H3,(H,26,29)/t16-,17+. The van der Waals surface area contributed by atoms with Gasteiger partial charge >= 0.3 is 0 Å². The van der Waals surface area contributed by atoms with Gasteiger partial charge in [0.15, 0.2) is 0 Å². The van der Waals surface area contributed by atoms with Crippen molar-refractivity contribution in [1.82, 2.24) is 9.80 Å². The van der Waals surface area contributed by atoms with Gasteiger partial charge in [0, 0.05) is 37.5 Å². The molecule has 1 aliphatic heterocycles. The van der Waals surface area contributed by atoms with E-state index in [1.807, 2.05) is 4.90 Å². The molecule has 0 bridgehead atoms. The lowest BCUT2D eigenvalue weighted by Gasteiger charge is -2.35. The van der Waals surface area contributed by atoms with Gasteiger partial charge in [-0.3, -0.25) is 14.4 Å². The van der Waals surface area contributed by atoms with Crippen LogP contribution in [0, 0.1) is 11.8 Å². The number of anilines is 1. The van der Waals surface area contributed by atoms with Crippen LogP contribution < -0.4 is 5.32 Å². The molecule has 2 aromatic rings. The Morgan fingerprint density at radius 3 is 2.53 bits per heavy atom. The average Bonchev–Trinajstić information content (AvgIpc) is 3.25. The van der Waals surface area contributed by atoms with Gasteiger partial charge in [0.25, 0.3) is 5.91 Å². The number of furan rings is 1. The molecule has 1 aliphatic rings. The van der Waals surface area contributed by atoms with Crippen molar-refractivity contribution in [1.29, 1.82) is 0 Å². The lowest BCUT2D eigenvalue weighted by atomic mass is 9.91. The molecule has 1 fully saturated rings. The van der Waals surface area contributed by atoms with Gasteiger partial charge in [-0.15, -0.1) is 0 Å². The topological polar surface area (TPSA) is 82.9 Å². The van der Waals surface area contributed by atoms with E-state index in [1.165, 1.54) is 4.90 Å². The van der Waals surface area contributed by atoms with E-state index >= 15 is 0 Å². The number of rotatable bonds is 7. The van der Waals surface area contributed by atoms with Gasteiger partial charge in [0.05, 0.1) is 24.1 Å². The predicted molar refractivity (Wildman–Crippen MR) is 126 cm³/mol. The summed E-state index contributed by atoms with van der Waals surface area (Å²) in [6.45, 7) is 6.07. The van der Waals surface area contributed by atoms with Crippen LogP contribution in [0.2, 0.25) is 0 Å². The van der Waals surface area contributed by atoms with Gasteiger partial charge in [-0.25, -0.2) is 0 Å². The normalized spacial score (nSPS) is 18.3. The molecule has 0 spiro atoms. The lowest BCUT2D eigenvalue weighted by Crippen LogP contribution is -2.42. The first-order valence-corrected chi connectivity index (χ1v) is 11.7. The first kappa shape index (κ1) is 24.0. The Morgan fingerprint density at radius 2 is 1.88 bits per heavy atom. The summed E-state index contributed by atoms with van der Waals surface area (Å²) in [5.41, 5.74) is 0.917. The number of likely N-dealkylation sites (tertiary alicyclic amines) is 1. The maximum absolute atomic E-state index is 13.2. The van der Waals surface area contributed by atoms with Gasteiger partial charge in [0.1, 0.15) is 5.76 Å². The average molecular weight is 504 g/mol. The number of piperidine rings is 1. The van der Waals surface area contributed by atoms with Crippen LogP contribution in [0.1, 0.15) is 49.2 Å². The second-order valence-electron chi connectivity index (χ2n) is 8.72. The molecule has 1 saturated heterocycles. The van der Waals surface area contributed by atoms with Crippen molar-refractivity contribution >= 4 is 39.3 Å². The summed E-state index contributed by atoms with van der Waals surface area (Å²) in [5.74, 6) is 1.02. The molecule has 7 nitrogen and oxygen atoms in total. The Labute approximate surface area is 197 Å². The molecule has 172 valence electrons. The number of nitrogens with one attached hydrogen (secondary N) is 1. The fourth-order valence-corrected chi connectivity index (χ4v) is 4.51. The van der Waals surface area contributed by atoms with E-state index in [2.05, 4.69) is 35.1 Å². The number of benzene rings is 1. The number of hydrogen-bond donors (Lipinski definition) is 1. The number of amides is 3. The van der Waals surface area contributed by atoms with Gasteiger partial charge in [-0.2, -0.15) is 0 Å². The Kier molecular flexibility index (Phi) is 8.12. The smallest absolute Gasteiger partial charge is 0.256 e. The van der Waals surface area contributed by atoms with E-state index in [-0.39, 0.29) is 30.6 Å². The van der Waals surface area contributed by atoms with Gasteiger partial charge < -0.3 is 19.5 Å². The number of hydrogen-bond acceptors (Lipinski definition) is 4. The molecule has 2 heterocycles. The monoisotopic (exact) mass is 503 g/mol. The van der Waals surface area contributed by atoms with E-state index < -0.39 is 0 Å². The Bertz CT molecular complexity index is 950. The third-order valence-corrected chi connectivity index (χ3v) is 6.10. The highest BCUT2D eigenvalue weighted by Crippen LogP contribution is 2.27. The Morgan fingerprint density at radius 1 is 1.16 bits per heavy atom. The zero-order valence-electron chi connectivity index (χ0n) is 18.8. The van der Waals surface area contributed by atoms with Crippen LogP contribution in [0.4, 0.5) is 5.69 Å². The largest absolute Gasteiger partial charge is 0.467 e. The van der Waals surface area contributed by atoms with Crippen LogP contribution >= 0.6 is 15.9 Å². The van der Waals surface area contributed by atoms with Crippen LogP contribution in [-0.2, 0) is 16.1 Å². The number of carbonyl (C=O) groups is 3. The quantitative estimate of drug-likeness (QED) is 0.601. The van der Waals surface area contributed by atoms with Crippen LogP contribution in [0.3, 0.4) is 0 Å². The summed E-state index contributed by atoms with van der Waals surface area (Å²) in [6.07, 6.45) is 2.77. The molecule has 3 rings (SSSR count). The molecular weight excluding hydrogens is 474 g/mol. The summed E-state index contributed by atoms with van der Waals surface area (Å²) in [5, 5.41) is 2.82. The van der Waals surface area contributed by atoms with Crippen molar-refractivity contribution in [2.45, 2.75) is 39.7 Å². The molecule has 2 atom stereocenters. The minimum absolute atomic E-state index is 0.0306. The van der Waals surface area contributed by atoms with Crippen molar-refractivity contribution in [3.05, 3.63) is 52.4 Å². The summed E-state index contributed by atoms with van der Waals surface area (Å²) < 4.78 is 6.02. The van der Waals surface area contributed by atoms with Crippen LogP contribution in [-0.4, -0.2) is 47.7 Å². The summed E-state index contributed by atoms with van der Waals surface area (Å²) in [4.78, 5) is 41.5. The number of nitrogens with zero attached hydrogens (tertiary/aromatic N) is 2. The van der Waals surface area contributed by atoms with Crippen molar-refractivity contribution < 1.29 is 18.8 Å². The number of halogens is 1. The van der Waals surface area contributed by atoms with E-state index in [4.69, 9.17) is 4.42 Å². The number of carbonyl (C=O) groups excluding carboxylic acids is 3. The molecule has 1 aromatic heterocycles. The summed E-state index contributed by atoms with van der Waals surface area (Å²) in [7, 11) is 1.68. The van der Waals surface area contributed by atoms with Crippen LogP contribution in [0.25, 0.3) is 0 Å².